The quantitative estimate of drug-likeness (QED) is 0.509. The molecule has 0 aromatic carbocycles. The van der Waals surface area contributed by atoms with Gasteiger partial charge in [0.25, 0.3) is 0 Å². The first-order valence-corrected chi connectivity index (χ1v) is 9.68. The third-order valence-corrected chi connectivity index (χ3v) is 6.62. The zero-order chi connectivity index (χ0) is 15.8. The Labute approximate surface area is 124 Å². The molecule has 2 rings (SSSR count). The maximum atomic E-state index is 12.0. The normalized spacial score (nSPS) is 22.8. The highest BCUT2D eigenvalue weighted by Crippen LogP contribution is 2.16. The van der Waals surface area contributed by atoms with Crippen LogP contribution < -0.4 is 9.86 Å². The van der Waals surface area contributed by atoms with Gasteiger partial charge in [0, 0.05) is 26.2 Å². The van der Waals surface area contributed by atoms with Crippen LogP contribution in [-0.2, 0) is 24.8 Å². The van der Waals surface area contributed by atoms with Gasteiger partial charge in [-0.2, -0.15) is 0 Å². The molecule has 2 heterocycles. The second-order valence-corrected chi connectivity index (χ2v) is 9.50. The molecule has 122 valence electrons. The van der Waals surface area contributed by atoms with Gasteiger partial charge >= 0.3 is 0 Å². The van der Waals surface area contributed by atoms with E-state index in [-0.39, 0.29) is 32.1 Å². The molecular weight excluding hydrogens is 320 g/mol. The fraction of sp³-hybridized carbons (Fsp3) is 0.900. The van der Waals surface area contributed by atoms with Crippen LogP contribution in [0.1, 0.15) is 6.92 Å². The first-order chi connectivity index (χ1) is 9.58. The summed E-state index contributed by atoms with van der Waals surface area (Å²) in [6.45, 7) is 2.98. The van der Waals surface area contributed by atoms with Gasteiger partial charge in [0.2, 0.25) is 20.0 Å². The summed E-state index contributed by atoms with van der Waals surface area (Å²) in [4.78, 5) is 14.3. The summed E-state index contributed by atoms with van der Waals surface area (Å²) < 4.78 is 48.5. The molecule has 0 aliphatic carbocycles. The smallest absolute Gasteiger partial charge is 0.218 e. The lowest BCUT2D eigenvalue weighted by atomic mass is 10.2. The van der Waals surface area contributed by atoms with E-state index in [0.29, 0.717) is 13.1 Å². The van der Waals surface area contributed by atoms with E-state index < -0.39 is 30.5 Å². The molecule has 0 spiro atoms. The lowest BCUT2D eigenvalue weighted by Gasteiger charge is -2.40. The summed E-state index contributed by atoms with van der Waals surface area (Å²) in [5.74, 6) is 0.00780. The summed E-state index contributed by atoms with van der Waals surface area (Å²) in [5.41, 5.74) is 0. The van der Waals surface area contributed by atoms with E-state index in [4.69, 9.17) is 5.14 Å². The van der Waals surface area contributed by atoms with Crippen LogP contribution in [0.4, 0.5) is 0 Å². The van der Waals surface area contributed by atoms with Crippen molar-refractivity contribution in [3.63, 3.8) is 0 Å². The van der Waals surface area contributed by atoms with Gasteiger partial charge in [0.05, 0.1) is 13.2 Å². The highest BCUT2D eigenvalue weighted by Gasteiger charge is 2.39. The Kier molecular flexibility index (Phi) is 4.71. The molecule has 2 aliphatic heterocycles. The number of carbonyl (C=O) groups is 1. The zero-order valence-electron chi connectivity index (χ0n) is 11.7. The second kappa shape index (κ2) is 5.89. The molecule has 2 aliphatic rings. The third kappa shape index (κ3) is 4.20. The Bertz CT molecular complexity index is 605. The maximum absolute atomic E-state index is 12.0. The topological polar surface area (TPSA) is 130 Å². The molecule has 0 amide bonds. The van der Waals surface area contributed by atoms with Crippen molar-refractivity contribution in [3.8, 4) is 0 Å². The summed E-state index contributed by atoms with van der Waals surface area (Å²) >= 11 is 0. The number of primary sulfonamides is 1. The lowest BCUT2D eigenvalue weighted by Crippen LogP contribution is -2.62. The van der Waals surface area contributed by atoms with Crippen LogP contribution in [0.25, 0.3) is 0 Å². The Hall–Kier alpha value is -0.590. The first-order valence-electron chi connectivity index (χ1n) is 6.52. The van der Waals surface area contributed by atoms with E-state index in [9.17, 15) is 21.6 Å². The molecule has 3 N–H and O–H groups in total. The summed E-state index contributed by atoms with van der Waals surface area (Å²) in [5, 5.41) is 3.86. The number of sulfonamides is 2. The van der Waals surface area contributed by atoms with Crippen molar-refractivity contribution in [2.45, 2.75) is 17.4 Å². The summed E-state index contributed by atoms with van der Waals surface area (Å²) in [7, 11) is -6.98. The largest absolute Gasteiger partial charge is 0.299 e. The average Bonchev–Trinajstić information content (AvgIpc) is 2.17. The van der Waals surface area contributed by atoms with Crippen molar-refractivity contribution in [3.05, 3.63) is 0 Å². The molecule has 9 nitrogen and oxygen atoms in total. The Morgan fingerprint density at radius 3 is 2.10 bits per heavy atom. The number of likely N-dealkylation sites (tertiary alicyclic amines) is 2. The van der Waals surface area contributed by atoms with Gasteiger partial charge in [-0.3, -0.25) is 14.6 Å². The van der Waals surface area contributed by atoms with Gasteiger partial charge in [-0.1, -0.05) is 0 Å². The molecule has 2 fully saturated rings. The van der Waals surface area contributed by atoms with Crippen LogP contribution in [0.3, 0.4) is 0 Å². The number of nitrogens with two attached hydrogens (primary N) is 1. The van der Waals surface area contributed by atoms with E-state index in [2.05, 4.69) is 4.72 Å². The molecule has 0 radical (unpaired) electrons. The van der Waals surface area contributed by atoms with Crippen molar-refractivity contribution >= 4 is 25.8 Å². The van der Waals surface area contributed by atoms with E-state index in [1.165, 1.54) is 6.92 Å². The summed E-state index contributed by atoms with van der Waals surface area (Å²) in [6.07, 6.45) is 0. The van der Waals surface area contributed by atoms with Crippen LogP contribution in [0.15, 0.2) is 0 Å². The molecule has 0 atom stereocenters. The number of nitrogens with zero attached hydrogens (tertiary/aromatic N) is 2. The van der Waals surface area contributed by atoms with Gasteiger partial charge < -0.3 is 0 Å². The van der Waals surface area contributed by atoms with E-state index >= 15 is 0 Å². The number of hydrogen-bond donors (Lipinski definition) is 2. The Morgan fingerprint density at radius 1 is 1.10 bits per heavy atom. The SMILES string of the molecule is CC(=O)CN1CC(S(=O)(=O)NCN2CC(S(N)(=O)=O)C2)C1. The van der Waals surface area contributed by atoms with Gasteiger partial charge in [0.15, 0.2) is 0 Å². The van der Waals surface area contributed by atoms with Crippen LogP contribution in [0, 0.1) is 0 Å². The molecule has 0 unspecified atom stereocenters. The maximum Gasteiger partial charge on any atom is 0.218 e. The van der Waals surface area contributed by atoms with Crippen molar-refractivity contribution in [1.82, 2.24) is 14.5 Å². The van der Waals surface area contributed by atoms with Crippen molar-refractivity contribution in [1.29, 1.82) is 0 Å². The van der Waals surface area contributed by atoms with Crippen LogP contribution in [-0.4, -0.2) is 82.3 Å². The minimum Gasteiger partial charge on any atom is -0.299 e. The molecule has 11 heteroatoms. The number of ketones is 1. The Morgan fingerprint density at radius 2 is 1.62 bits per heavy atom. The van der Waals surface area contributed by atoms with Crippen molar-refractivity contribution in [2.24, 2.45) is 5.14 Å². The molecular formula is C10H20N4O5S2. The molecule has 21 heavy (non-hydrogen) atoms. The molecule has 0 aromatic rings. The van der Waals surface area contributed by atoms with E-state index in [0.717, 1.165) is 0 Å². The molecule has 2 saturated heterocycles. The molecule has 0 saturated carbocycles. The fourth-order valence-corrected chi connectivity index (χ4v) is 4.57. The van der Waals surface area contributed by atoms with Crippen LogP contribution >= 0.6 is 0 Å². The highest BCUT2D eigenvalue weighted by atomic mass is 32.2. The minimum atomic E-state index is -3.54. The lowest BCUT2D eigenvalue weighted by molar-refractivity contribution is -0.118. The van der Waals surface area contributed by atoms with Gasteiger partial charge in [-0.25, -0.2) is 26.7 Å². The monoisotopic (exact) mass is 340 g/mol. The number of Topliss-reactive ketones (excluding diaryl/α,β-unsaturated/α-hetero) is 1. The van der Waals surface area contributed by atoms with E-state index in [1.54, 1.807) is 9.80 Å². The van der Waals surface area contributed by atoms with E-state index in [1.807, 2.05) is 0 Å². The van der Waals surface area contributed by atoms with Gasteiger partial charge in [-0.15, -0.1) is 0 Å². The van der Waals surface area contributed by atoms with Gasteiger partial charge in [-0.05, 0) is 6.92 Å². The predicted molar refractivity (Wildman–Crippen MR) is 76.3 cm³/mol. The number of carbonyl (C=O) groups excluding carboxylic acids is 1. The fourth-order valence-electron chi connectivity index (χ4n) is 2.32. The Balaban J connectivity index is 1.71. The van der Waals surface area contributed by atoms with Gasteiger partial charge in [0.1, 0.15) is 16.3 Å². The predicted octanol–water partition coefficient (Wildman–Crippen LogP) is -2.89. The molecule has 0 aromatic heterocycles. The zero-order valence-corrected chi connectivity index (χ0v) is 13.4. The average molecular weight is 340 g/mol. The highest BCUT2D eigenvalue weighted by molar-refractivity contribution is 7.90. The van der Waals surface area contributed by atoms with Crippen LogP contribution in [0.2, 0.25) is 0 Å². The minimum absolute atomic E-state index is 0.00780. The van der Waals surface area contributed by atoms with Crippen molar-refractivity contribution in [2.75, 3.05) is 39.4 Å². The first kappa shape index (κ1) is 16.8. The number of hydrogen-bond acceptors (Lipinski definition) is 7. The molecule has 0 bridgehead atoms. The van der Waals surface area contributed by atoms with Crippen LogP contribution in [0.5, 0.6) is 0 Å². The third-order valence-electron chi connectivity index (χ3n) is 3.69. The second-order valence-electron chi connectivity index (χ2n) is 5.61. The standard InChI is InChI=1S/C10H20N4O5S2/c1-8(15)2-13-5-10(6-13)21(18,19)12-7-14-3-9(4-14)20(11,16)17/h9-10,12H,2-7H2,1H3,(H2,11,16,17). The van der Waals surface area contributed by atoms with Crippen molar-refractivity contribution < 1.29 is 21.6 Å². The summed E-state index contributed by atoms with van der Waals surface area (Å²) in [6, 6.07) is 0. The number of nitrogens with one attached hydrogen (secondary N) is 1. The number of rotatable bonds is 7.